The number of phenolic OH excluding ortho intramolecular Hbond substituents is 1. The summed E-state index contributed by atoms with van der Waals surface area (Å²) in [5.41, 5.74) is 1.03. The molecule has 0 fully saturated rings. The van der Waals surface area contributed by atoms with Crippen molar-refractivity contribution >= 4 is 28.9 Å². The van der Waals surface area contributed by atoms with Gasteiger partial charge in [-0.05, 0) is 35.4 Å². The molecule has 5 nitrogen and oxygen atoms in total. The van der Waals surface area contributed by atoms with Gasteiger partial charge in [0.2, 0.25) is 0 Å². The maximum Gasteiger partial charge on any atom is 0.311 e. The number of nitro groups is 1. The van der Waals surface area contributed by atoms with E-state index in [1.54, 1.807) is 24.3 Å². The van der Waals surface area contributed by atoms with E-state index in [0.717, 1.165) is 0 Å². The molecular formula is C15H9ClN2O3. The van der Waals surface area contributed by atoms with Gasteiger partial charge < -0.3 is 5.11 Å². The Labute approximate surface area is 125 Å². The fourth-order valence-corrected chi connectivity index (χ4v) is 1.88. The van der Waals surface area contributed by atoms with Gasteiger partial charge in [0, 0.05) is 11.1 Å². The van der Waals surface area contributed by atoms with E-state index in [-0.39, 0.29) is 0 Å². The quantitative estimate of drug-likeness (QED) is 0.401. The van der Waals surface area contributed by atoms with Crippen molar-refractivity contribution in [1.29, 1.82) is 5.26 Å². The van der Waals surface area contributed by atoms with Crippen molar-refractivity contribution in [3.05, 3.63) is 68.7 Å². The molecular weight excluding hydrogens is 292 g/mol. The van der Waals surface area contributed by atoms with Crippen LogP contribution in [0.3, 0.4) is 0 Å². The van der Waals surface area contributed by atoms with Gasteiger partial charge in [0.1, 0.15) is 0 Å². The molecule has 0 saturated carbocycles. The van der Waals surface area contributed by atoms with Gasteiger partial charge in [-0.15, -0.1) is 0 Å². The van der Waals surface area contributed by atoms with Crippen LogP contribution < -0.4 is 0 Å². The molecule has 0 unspecified atom stereocenters. The number of rotatable bonds is 3. The molecule has 0 saturated heterocycles. The Morgan fingerprint density at radius 1 is 1.29 bits per heavy atom. The molecule has 2 aromatic carbocycles. The van der Waals surface area contributed by atoms with Crippen molar-refractivity contribution in [3.63, 3.8) is 0 Å². The number of hydrogen-bond acceptors (Lipinski definition) is 4. The number of halogens is 1. The molecule has 2 rings (SSSR count). The lowest BCUT2D eigenvalue weighted by atomic mass is 10.0. The highest BCUT2D eigenvalue weighted by Gasteiger charge is 2.13. The highest BCUT2D eigenvalue weighted by Crippen LogP contribution is 2.28. The molecule has 2 aromatic rings. The molecule has 21 heavy (non-hydrogen) atoms. The van der Waals surface area contributed by atoms with Crippen LogP contribution in [0.2, 0.25) is 5.02 Å². The van der Waals surface area contributed by atoms with Crippen LogP contribution in [0.1, 0.15) is 11.1 Å². The molecule has 0 radical (unpaired) electrons. The standard InChI is InChI=1S/C15H9ClN2O3/c16-13-4-2-11(3-5-13)12(9-17)7-10-1-6-15(19)14(8-10)18(20)21/h1-8,19H/b12-7+. The number of nitrogens with zero attached hydrogens (tertiary/aromatic N) is 2. The molecule has 0 heterocycles. The molecule has 0 aliphatic rings. The second kappa shape index (κ2) is 6.07. The van der Waals surface area contributed by atoms with Gasteiger partial charge in [-0.25, -0.2) is 0 Å². The SMILES string of the molecule is N#C/C(=C\c1ccc(O)c([N+](=O)[O-])c1)c1ccc(Cl)cc1. The Morgan fingerprint density at radius 2 is 1.95 bits per heavy atom. The van der Waals surface area contributed by atoms with E-state index in [9.17, 15) is 20.5 Å². The summed E-state index contributed by atoms with van der Waals surface area (Å²) in [5.74, 6) is -0.415. The molecule has 0 aromatic heterocycles. The lowest BCUT2D eigenvalue weighted by molar-refractivity contribution is -0.385. The summed E-state index contributed by atoms with van der Waals surface area (Å²) in [4.78, 5) is 10.1. The van der Waals surface area contributed by atoms with E-state index in [1.165, 1.54) is 24.3 Å². The van der Waals surface area contributed by atoms with Crippen LogP contribution in [0.4, 0.5) is 5.69 Å². The van der Waals surface area contributed by atoms with Gasteiger partial charge in [-0.1, -0.05) is 29.8 Å². The van der Waals surface area contributed by atoms with Crippen molar-refractivity contribution in [2.75, 3.05) is 0 Å². The van der Waals surface area contributed by atoms with E-state index < -0.39 is 16.4 Å². The number of nitriles is 1. The monoisotopic (exact) mass is 300 g/mol. The van der Waals surface area contributed by atoms with Crippen LogP contribution in [-0.2, 0) is 0 Å². The van der Waals surface area contributed by atoms with Crippen LogP contribution >= 0.6 is 11.6 Å². The van der Waals surface area contributed by atoms with E-state index in [0.29, 0.717) is 21.7 Å². The molecule has 0 atom stereocenters. The first-order valence-electron chi connectivity index (χ1n) is 5.86. The Kier molecular flexibility index (Phi) is 4.21. The zero-order valence-electron chi connectivity index (χ0n) is 10.7. The third kappa shape index (κ3) is 3.38. The maximum atomic E-state index is 10.8. The summed E-state index contributed by atoms with van der Waals surface area (Å²) < 4.78 is 0. The van der Waals surface area contributed by atoms with Crippen molar-refractivity contribution in [1.82, 2.24) is 0 Å². The van der Waals surface area contributed by atoms with Gasteiger partial charge in [0.15, 0.2) is 5.75 Å². The van der Waals surface area contributed by atoms with Crippen molar-refractivity contribution < 1.29 is 10.0 Å². The number of phenols is 1. The first kappa shape index (κ1) is 14.6. The first-order valence-corrected chi connectivity index (χ1v) is 6.24. The van der Waals surface area contributed by atoms with E-state index >= 15 is 0 Å². The Morgan fingerprint density at radius 3 is 2.52 bits per heavy atom. The Balaban J connectivity index is 2.46. The van der Waals surface area contributed by atoms with Gasteiger partial charge >= 0.3 is 5.69 Å². The van der Waals surface area contributed by atoms with Gasteiger partial charge in [-0.2, -0.15) is 5.26 Å². The topological polar surface area (TPSA) is 87.2 Å². The van der Waals surface area contributed by atoms with Crippen LogP contribution in [0.25, 0.3) is 11.6 Å². The average Bonchev–Trinajstić information content (AvgIpc) is 2.47. The van der Waals surface area contributed by atoms with E-state index in [2.05, 4.69) is 0 Å². The maximum absolute atomic E-state index is 10.8. The van der Waals surface area contributed by atoms with Crippen LogP contribution in [-0.4, -0.2) is 10.0 Å². The minimum absolute atomic E-state index is 0.339. The molecule has 1 N–H and O–H groups in total. The normalized spacial score (nSPS) is 11.0. The molecule has 0 spiro atoms. The van der Waals surface area contributed by atoms with Gasteiger partial charge in [0.05, 0.1) is 16.6 Å². The summed E-state index contributed by atoms with van der Waals surface area (Å²) in [6.07, 6.45) is 1.51. The zero-order chi connectivity index (χ0) is 15.4. The summed E-state index contributed by atoms with van der Waals surface area (Å²) in [6.45, 7) is 0. The molecule has 0 aliphatic heterocycles. The molecule has 0 amide bonds. The number of aromatic hydroxyl groups is 1. The highest BCUT2D eigenvalue weighted by atomic mass is 35.5. The second-order valence-electron chi connectivity index (χ2n) is 4.18. The summed E-state index contributed by atoms with van der Waals surface area (Å²) in [6, 6.07) is 12.6. The lowest BCUT2D eigenvalue weighted by Gasteiger charge is -2.01. The Hall–Kier alpha value is -2.84. The largest absolute Gasteiger partial charge is 0.502 e. The number of benzene rings is 2. The number of hydrogen-bond donors (Lipinski definition) is 1. The van der Waals surface area contributed by atoms with Crippen molar-refractivity contribution in [2.45, 2.75) is 0 Å². The second-order valence-corrected chi connectivity index (χ2v) is 4.62. The average molecular weight is 301 g/mol. The fourth-order valence-electron chi connectivity index (χ4n) is 1.75. The Bertz CT molecular complexity index is 761. The minimum Gasteiger partial charge on any atom is -0.502 e. The zero-order valence-corrected chi connectivity index (χ0v) is 11.4. The van der Waals surface area contributed by atoms with Crippen LogP contribution in [0, 0.1) is 21.4 Å². The molecule has 0 bridgehead atoms. The van der Waals surface area contributed by atoms with Crippen LogP contribution in [0.15, 0.2) is 42.5 Å². The van der Waals surface area contributed by atoms with Crippen molar-refractivity contribution in [2.24, 2.45) is 0 Å². The summed E-state index contributed by atoms with van der Waals surface area (Å²) in [7, 11) is 0. The fraction of sp³-hybridized carbons (Fsp3) is 0. The summed E-state index contributed by atoms with van der Waals surface area (Å²) in [5, 5.41) is 29.9. The van der Waals surface area contributed by atoms with E-state index in [4.69, 9.17) is 11.6 Å². The minimum atomic E-state index is -0.680. The third-order valence-corrected chi connectivity index (χ3v) is 3.03. The predicted octanol–water partition coefficient (Wildman–Crippen LogP) is 4.02. The first-order chi connectivity index (χ1) is 10.0. The molecule has 104 valence electrons. The number of allylic oxidation sites excluding steroid dienone is 1. The predicted molar refractivity (Wildman–Crippen MR) is 79.7 cm³/mol. The smallest absolute Gasteiger partial charge is 0.311 e. The third-order valence-electron chi connectivity index (χ3n) is 2.78. The molecule has 0 aliphatic carbocycles. The van der Waals surface area contributed by atoms with Gasteiger partial charge in [-0.3, -0.25) is 10.1 Å². The van der Waals surface area contributed by atoms with Crippen molar-refractivity contribution in [3.8, 4) is 11.8 Å². The summed E-state index contributed by atoms with van der Waals surface area (Å²) >= 11 is 5.79. The number of nitro benzene ring substituents is 1. The van der Waals surface area contributed by atoms with Crippen LogP contribution in [0.5, 0.6) is 5.75 Å². The lowest BCUT2D eigenvalue weighted by Crippen LogP contribution is -1.89. The van der Waals surface area contributed by atoms with E-state index in [1.807, 2.05) is 6.07 Å². The highest BCUT2D eigenvalue weighted by molar-refractivity contribution is 6.30. The van der Waals surface area contributed by atoms with Gasteiger partial charge in [0.25, 0.3) is 0 Å². The molecule has 6 heteroatoms.